The number of nitro benzene ring substituents is 1. The summed E-state index contributed by atoms with van der Waals surface area (Å²) in [6.45, 7) is 0.888. The molecule has 0 heterocycles. The fourth-order valence-electron chi connectivity index (χ4n) is 2.90. The molecule has 12 heteroatoms. The number of non-ortho nitro benzene ring substituents is 1. The molecule has 0 saturated carbocycles. The van der Waals surface area contributed by atoms with E-state index < -0.39 is 27.5 Å². The van der Waals surface area contributed by atoms with Gasteiger partial charge >= 0.3 is 5.97 Å². The van der Waals surface area contributed by atoms with E-state index in [9.17, 15) is 23.3 Å². The first kappa shape index (κ1) is 24.9. The van der Waals surface area contributed by atoms with Crippen LogP contribution in [0.25, 0.3) is 0 Å². The molecule has 0 unspecified atom stereocenters. The number of benzene rings is 2. The van der Waals surface area contributed by atoms with Crippen molar-refractivity contribution < 1.29 is 37.1 Å². The van der Waals surface area contributed by atoms with Crippen molar-refractivity contribution in [2.24, 2.45) is 0 Å². The van der Waals surface area contributed by atoms with Crippen molar-refractivity contribution in [3.63, 3.8) is 0 Å². The number of hydrogen-bond acceptors (Lipinski definition) is 9. The average molecular weight is 468 g/mol. The molecule has 0 radical (unpaired) electrons. The van der Waals surface area contributed by atoms with Crippen molar-refractivity contribution in [1.82, 2.24) is 4.31 Å². The molecule has 0 amide bonds. The van der Waals surface area contributed by atoms with Gasteiger partial charge in [-0.05, 0) is 36.8 Å². The number of carbonyl (C=O) groups is 1. The number of hydrogen-bond donors (Lipinski definition) is 0. The number of ether oxygens (including phenoxy) is 4. The Labute approximate surface area is 185 Å². The lowest BCUT2D eigenvalue weighted by Crippen LogP contribution is -2.36. The zero-order valence-corrected chi connectivity index (χ0v) is 18.9. The lowest BCUT2D eigenvalue weighted by molar-refractivity contribution is -0.384. The summed E-state index contributed by atoms with van der Waals surface area (Å²) in [5, 5.41) is 10.9. The molecule has 0 N–H and O–H groups in total. The van der Waals surface area contributed by atoms with Crippen LogP contribution in [0.1, 0.15) is 12.5 Å². The molecule has 0 atom stereocenters. The molecule has 11 nitrogen and oxygen atoms in total. The van der Waals surface area contributed by atoms with Crippen LogP contribution in [0.2, 0.25) is 0 Å². The highest BCUT2D eigenvalue weighted by Crippen LogP contribution is 2.38. The second-order valence-electron chi connectivity index (χ2n) is 6.36. The molecule has 0 saturated heterocycles. The van der Waals surface area contributed by atoms with E-state index in [1.807, 2.05) is 0 Å². The van der Waals surface area contributed by atoms with Crippen LogP contribution in [0.5, 0.6) is 17.2 Å². The summed E-state index contributed by atoms with van der Waals surface area (Å²) in [5.74, 6) is 0.204. The number of nitro groups is 1. The van der Waals surface area contributed by atoms with E-state index in [1.54, 1.807) is 19.1 Å². The molecule has 0 aliphatic rings. The molecule has 0 aromatic heterocycles. The van der Waals surface area contributed by atoms with Gasteiger partial charge in [0.15, 0.2) is 11.5 Å². The van der Waals surface area contributed by atoms with E-state index in [0.717, 1.165) is 28.6 Å². The van der Waals surface area contributed by atoms with Crippen LogP contribution in [0, 0.1) is 10.1 Å². The summed E-state index contributed by atoms with van der Waals surface area (Å²) < 4.78 is 48.2. The molecule has 2 aromatic carbocycles. The van der Waals surface area contributed by atoms with E-state index in [0.29, 0.717) is 22.8 Å². The molecule has 0 bridgehead atoms. The van der Waals surface area contributed by atoms with Gasteiger partial charge in [0.2, 0.25) is 15.8 Å². The minimum Gasteiger partial charge on any atom is -0.493 e. The van der Waals surface area contributed by atoms with Crippen LogP contribution < -0.4 is 14.2 Å². The Kier molecular flexibility index (Phi) is 8.38. The van der Waals surface area contributed by atoms with Crippen molar-refractivity contribution >= 4 is 21.7 Å². The molecule has 2 rings (SSSR count). The SMILES string of the molecule is CCOC(=O)CN(Cc1cc(OC)c(OC)c(OC)c1)S(=O)(=O)c1ccc([N+](=O)[O-])cc1. The van der Waals surface area contributed by atoms with Gasteiger partial charge in [0, 0.05) is 18.7 Å². The third kappa shape index (κ3) is 5.65. The van der Waals surface area contributed by atoms with Crippen molar-refractivity contribution in [1.29, 1.82) is 0 Å². The van der Waals surface area contributed by atoms with Crippen molar-refractivity contribution in [3.8, 4) is 17.2 Å². The summed E-state index contributed by atoms with van der Waals surface area (Å²) in [6.07, 6.45) is 0. The molecule has 32 heavy (non-hydrogen) atoms. The van der Waals surface area contributed by atoms with Gasteiger partial charge < -0.3 is 18.9 Å². The first-order valence-electron chi connectivity index (χ1n) is 9.37. The zero-order valence-electron chi connectivity index (χ0n) is 18.1. The number of sulfonamides is 1. The second-order valence-corrected chi connectivity index (χ2v) is 8.30. The Morgan fingerprint density at radius 3 is 2.03 bits per heavy atom. The van der Waals surface area contributed by atoms with Crippen LogP contribution >= 0.6 is 0 Å². The van der Waals surface area contributed by atoms with Crippen LogP contribution in [0.4, 0.5) is 5.69 Å². The van der Waals surface area contributed by atoms with Gasteiger partial charge in [0.05, 0.1) is 37.8 Å². The van der Waals surface area contributed by atoms with Gasteiger partial charge in [-0.15, -0.1) is 0 Å². The van der Waals surface area contributed by atoms with Gasteiger partial charge in [0.25, 0.3) is 5.69 Å². The predicted molar refractivity (Wildman–Crippen MR) is 113 cm³/mol. The monoisotopic (exact) mass is 468 g/mol. The Morgan fingerprint density at radius 2 is 1.59 bits per heavy atom. The third-order valence-electron chi connectivity index (χ3n) is 4.38. The molecule has 0 aliphatic carbocycles. The summed E-state index contributed by atoms with van der Waals surface area (Å²) in [4.78, 5) is 22.2. The lowest BCUT2D eigenvalue weighted by Gasteiger charge is -2.22. The van der Waals surface area contributed by atoms with Crippen LogP contribution in [0.15, 0.2) is 41.3 Å². The Balaban J connectivity index is 2.49. The Morgan fingerprint density at radius 1 is 1.03 bits per heavy atom. The second kappa shape index (κ2) is 10.8. The molecule has 2 aromatic rings. The van der Waals surface area contributed by atoms with E-state index >= 15 is 0 Å². The van der Waals surface area contributed by atoms with Crippen LogP contribution in [-0.4, -0.2) is 58.1 Å². The van der Waals surface area contributed by atoms with Gasteiger partial charge in [-0.3, -0.25) is 14.9 Å². The van der Waals surface area contributed by atoms with Gasteiger partial charge in [-0.2, -0.15) is 4.31 Å². The van der Waals surface area contributed by atoms with Gasteiger partial charge in [-0.25, -0.2) is 8.42 Å². The zero-order chi connectivity index (χ0) is 23.9. The highest BCUT2D eigenvalue weighted by molar-refractivity contribution is 7.89. The van der Waals surface area contributed by atoms with E-state index in [1.165, 1.54) is 21.3 Å². The lowest BCUT2D eigenvalue weighted by atomic mass is 10.1. The minimum absolute atomic E-state index is 0.0778. The average Bonchev–Trinajstić information content (AvgIpc) is 2.78. The van der Waals surface area contributed by atoms with Crippen molar-refractivity contribution in [3.05, 3.63) is 52.1 Å². The third-order valence-corrected chi connectivity index (χ3v) is 6.19. The van der Waals surface area contributed by atoms with Gasteiger partial charge in [0.1, 0.15) is 6.54 Å². The maximum Gasteiger partial charge on any atom is 0.321 e. The summed E-state index contributed by atoms with van der Waals surface area (Å²) in [6, 6.07) is 7.50. The van der Waals surface area contributed by atoms with E-state index in [2.05, 4.69) is 0 Å². The quantitative estimate of drug-likeness (QED) is 0.277. The standard InChI is InChI=1S/C20H24N2O9S/c1-5-31-19(23)13-21(32(26,27)16-8-6-15(7-9-16)22(24)25)12-14-10-17(28-2)20(30-4)18(11-14)29-3/h6-11H,5,12-13H2,1-4H3. The minimum atomic E-state index is -4.21. The topological polar surface area (TPSA) is 135 Å². The molecular weight excluding hydrogens is 444 g/mol. The first-order valence-corrected chi connectivity index (χ1v) is 10.8. The molecule has 174 valence electrons. The summed E-state index contributed by atoms with van der Waals surface area (Å²) >= 11 is 0. The Bertz CT molecular complexity index is 1040. The summed E-state index contributed by atoms with van der Waals surface area (Å²) in [5.41, 5.74) is 0.194. The van der Waals surface area contributed by atoms with Crippen molar-refractivity contribution in [2.45, 2.75) is 18.4 Å². The normalized spacial score (nSPS) is 11.2. The molecule has 0 aliphatic heterocycles. The predicted octanol–water partition coefficient (Wildman–Crippen LogP) is 2.37. The fraction of sp³-hybridized carbons (Fsp3) is 0.350. The summed E-state index contributed by atoms with van der Waals surface area (Å²) in [7, 11) is 0.0671. The highest BCUT2D eigenvalue weighted by atomic mass is 32.2. The maximum absolute atomic E-state index is 13.3. The Hall–Kier alpha value is -3.38. The molecule has 0 spiro atoms. The van der Waals surface area contributed by atoms with Gasteiger partial charge in [-0.1, -0.05) is 0 Å². The van der Waals surface area contributed by atoms with Crippen molar-refractivity contribution in [2.75, 3.05) is 34.5 Å². The smallest absolute Gasteiger partial charge is 0.321 e. The van der Waals surface area contributed by atoms with E-state index in [4.69, 9.17) is 18.9 Å². The highest BCUT2D eigenvalue weighted by Gasteiger charge is 2.29. The fourth-order valence-corrected chi connectivity index (χ4v) is 4.27. The van der Waals surface area contributed by atoms with Crippen LogP contribution in [-0.2, 0) is 26.1 Å². The number of carbonyl (C=O) groups excluding carboxylic acids is 1. The maximum atomic E-state index is 13.3. The molecule has 0 fully saturated rings. The number of nitrogens with zero attached hydrogens (tertiary/aromatic N) is 2. The number of esters is 1. The van der Waals surface area contributed by atoms with Crippen LogP contribution in [0.3, 0.4) is 0 Å². The first-order chi connectivity index (χ1) is 15.2. The number of rotatable bonds is 11. The molecular formula is C20H24N2O9S. The number of methoxy groups -OCH3 is 3. The largest absolute Gasteiger partial charge is 0.493 e. The van der Waals surface area contributed by atoms with E-state index in [-0.39, 0.29) is 23.7 Å².